The van der Waals surface area contributed by atoms with E-state index in [9.17, 15) is 0 Å². The highest BCUT2D eigenvalue weighted by Crippen LogP contribution is 2.16. The number of anilines is 2. The first-order valence-corrected chi connectivity index (χ1v) is 5.47. The molecule has 4 nitrogen and oxygen atoms in total. The maximum absolute atomic E-state index is 8.64. The summed E-state index contributed by atoms with van der Waals surface area (Å²) in [5.74, 6) is 1.76. The smallest absolute Gasteiger partial charge is 0.131 e. The molecule has 0 radical (unpaired) electrons. The average molecular weight is 218 g/mol. The van der Waals surface area contributed by atoms with Crippen LogP contribution in [0.25, 0.3) is 0 Å². The number of nitrogens with zero attached hydrogens (tertiary/aromatic N) is 3. The number of hydrogen-bond acceptors (Lipinski definition) is 4. The molecule has 0 saturated heterocycles. The summed E-state index contributed by atoms with van der Waals surface area (Å²) in [6, 6.07) is 8.37. The van der Waals surface area contributed by atoms with Crippen LogP contribution in [-0.2, 0) is 0 Å². The quantitative estimate of drug-likeness (QED) is 0.823. The molecule has 0 aromatic carbocycles. The summed E-state index contributed by atoms with van der Waals surface area (Å²) >= 11 is 0. The van der Waals surface area contributed by atoms with Crippen LogP contribution in [0.2, 0.25) is 0 Å². The van der Waals surface area contributed by atoms with E-state index in [2.05, 4.69) is 35.1 Å². The second-order valence-electron chi connectivity index (χ2n) is 3.83. The molecule has 0 aliphatic heterocycles. The number of nitrogens with one attached hydrogen (secondary N) is 1. The largest absolute Gasteiger partial charge is 0.373 e. The molecule has 16 heavy (non-hydrogen) atoms. The van der Waals surface area contributed by atoms with E-state index in [1.165, 1.54) is 0 Å². The highest BCUT2D eigenvalue weighted by Gasteiger charge is 2.11. The van der Waals surface area contributed by atoms with E-state index in [4.69, 9.17) is 5.26 Å². The summed E-state index contributed by atoms with van der Waals surface area (Å²) in [4.78, 5) is 6.60. The van der Waals surface area contributed by atoms with E-state index in [1.807, 2.05) is 25.2 Å². The standard InChI is InChI=1S/C12H18N4/c1-10(2)16(9-5-8-13)12-7-4-6-11(14-3)15-12/h4,6-7,10H,5,9H2,1-3H3,(H,14,15). The van der Waals surface area contributed by atoms with Gasteiger partial charge in [-0.05, 0) is 26.0 Å². The molecule has 0 aliphatic carbocycles. The van der Waals surface area contributed by atoms with Crippen LogP contribution < -0.4 is 10.2 Å². The summed E-state index contributed by atoms with van der Waals surface area (Å²) in [7, 11) is 1.85. The molecule has 86 valence electrons. The lowest BCUT2D eigenvalue weighted by Gasteiger charge is -2.27. The van der Waals surface area contributed by atoms with Crippen LogP contribution in [0.4, 0.5) is 11.6 Å². The molecular formula is C12H18N4. The lowest BCUT2D eigenvalue weighted by Crippen LogP contribution is -2.32. The zero-order valence-electron chi connectivity index (χ0n) is 10.1. The summed E-state index contributed by atoms with van der Waals surface area (Å²) in [5, 5.41) is 11.6. The van der Waals surface area contributed by atoms with E-state index in [-0.39, 0.29) is 0 Å². The molecule has 0 amide bonds. The van der Waals surface area contributed by atoms with Crippen LogP contribution in [0.1, 0.15) is 20.3 Å². The van der Waals surface area contributed by atoms with Crippen LogP contribution in [0.5, 0.6) is 0 Å². The number of aromatic nitrogens is 1. The zero-order chi connectivity index (χ0) is 12.0. The number of rotatable bonds is 5. The van der Waals surface area contributed by atoms with Gasteiger partial charge in [0.25, 0.3) is 0 Å². The van der Waals surface area contributed by atoms with Crippen molar-refractivity contribution in [2.75, 3.05) is 23.8 Å². The van der Waals surface area contributed by atoms with Crippen molar-refractivity contribution >= 4 is 11.6 Å². The van der Waals surface area contributed by atoms with Gasteiger partial charge in [-0.1, -0.05) is 6.07 Å². The van der Waals surface area contributed by atoms with Gasteiger partial charge in [0.1, 0.15) is 11.6 Å². The van der Waals surface area contributed by atoms with Crippen LogP contribution >= 0.6 is 0 Å². The van der Waals surface area contributed by atoms with Gasteiger partial charge in [-0.15, -0.1) is 0 Å². The third-order valence-electron chi connectivity index (χ3n) is 2.37. The van der Waals surface area contributed by atoms with Crippen molar-refractivity contribution in [1.82, 2.24) is 4.98 Å². The van der Waals surface area contributed by atoms with Gasteiger partial charge >= 0.3 is 0 Å². The van der Waals surface area contributed by atoms with Crippen molar-refractivity contribution in [3.8, 4) is 6.07 Å². The van der Waals surface area contributed by atoms with Gasteiger partial charge in [0.2, 0.25) is 0 Å². The normalized spacial score (nSPS) is 9.94. The van der Waals surface area contributed by atoms with Crippen molar-refractivity contribution in [3.05, 3.63) is 18.2 Å². The Balaban J connectivity index is 2.88. The second-order valence-corrected chi connectivity index (χ2v) is 3.83. The SMILES string of the molecule is CNc1cccc(N(CCC#N)C(C)C)n1. The van der Waals surface area contributed by atoms with Crippen molar-refractivity contribution < 1.29 is 0 Å². The minimum Gasteiger partial charge on any atom is -0.373 e. The summed E-state index contributed by atoms with van der Waals surface area (Å²) in [6.07, 6.45) is 0.518. The molecular weight excluding hydrogens is 200 g/mol. The molecule has 1 aromatic rings. The summed E-state index contributed by atoms with van der Waals surface area (Å²) in [5.41, 5.74) is 0. The van der Waals surface area contributed by atoms with Gasteiger partial charge in [0, 0.05) is 19.6 Å². The van der Waals surface area contributed by atoms with Gasteiger partial charge in [-0.25, -0.2) is 4.98 Å². The fourth-order valence-corrected chi connectivity index (χ4v) is 1.53. The van der Waals surface area contributed by atoms with E-state index in [1.54, 1.807) is 0 Å². The molecule has 0 saturated carbocycles. The molecule has 0 unspecified atom stereocenters. The number of nitriles is 1. The molecule has 4 heteroatoms. The van der Waals surface area contributed by atoms with Gasteiger partial charge in [-0.2, -0.15) is 5.26 Å². The van der Waals surface area contributed by atoms with Crippen LogP contribution in [-0.4, -0.2) is 24.6 Å². The Morgan fingerprint density at radius 1 is 1.50 bits per heavy atom. The van der Waals surface area contributed by atoms with Crippen LogP contribution in [0.3, 0.4) is 0 Å². The van der Waals surface area contributed by atoms with Crippen molar-refractivity contribution in [2.24, 2.45) is 0 Å². The Labute approximate surface area is 96.9 Å². The van der Waals surface area contributed by atoms with Gasteiger partial charge in [0.15, 0.2) is 0 Å². The van der Waals surface area contributed by atoms with Crippen molar-refractivity contribution in [1.29, 1.82) is 5.26 Å². The molecule has 0 aliphatic rings. The predicted molar refractivity (Wildman–Crippen MR) is 66.5 cm³/mol. The predicted octanol–water partition coefficient (Wildman–Crippen LogP) is 2.25. The number of hydrogen-bond donors (Lipinski definition) is 1. The molecule has 0 spiro atoms. The summed E-state index contributed by atoms with van der Waals surface area (Å²) in [6.45, 7) is 4.92. The minimum atomic E-state index is 0.341. The highest BCUT2D eigenvalue weighted by molar-refractivity contribution is 5.47. The Bertz CT molecular complexity index is 368. The molecule has 1 rings (SSSR count). The molecule has 0 atom stereocenters. The zero-order valence-corrected chi connectivity index (χ0v) is 10.1. The third-order valence-corrected chi connectivity index (χ3v) is 2.37. The molecule has 1 heterocycles. The van der Waals surface area contributed by atoms with Gasteiger partial charge in [-0.3, -0.25) is 0 Å². The monoisotopic (exact) mass is 218 g/mol. The minimum absolute atomic E-state index is 0.341. The second kappa shape index (κ2) is 5.96. The van der Waals surface area contributed by atoms with Gasteiger partial charge in [0.05, 0.1) is 12.5 Å². The highest BCUT2D eigenvalue weighted by atomic mass is 15.2. The first-order valence-electron chi connectivity index (χ1n) is 5.47. The number of pyridine rings is 1. The first-order chi connectivity index (χ1) is 7.69. The van der Waals surface area contributed by atoms with Crippen LogP contribution in [0, 0.1) is 11.3 Å². The van der Waals surface area contributed by atoms with Crippen LogP contribution in [0.15, 0.2) is 18.2 Å². The Morgan fingerprint density at radius 3 is 2.81 bits per heavy atom. The first kappa shape index (κ1) is 12.3. The Morgan fingerprint density at radius 2 is 2.25 bits per heavy atom. The molecule has 1 aromatic heterocycles. The third kappa shape index (κ3) is 3.13. The van der Waals surface area contributed by atoms with E-state index < -0.39 is 0 Å². The molecule has 0 bridgehead atoms. The van der Waals surface area contributed by atoms with Crippen molar-refractivity contribution in [2.45, 2.75) is 26.3 Å². The maximum atomic E-state index is 8.64. The molecule has 0 fully saturated rings. The topological polar surface area (TPSA) is 52.0 Å². The average Bonchev–Trinajstić information content (AvgIpc) is 2.29. The van der Waals surface area contributed by atoms with Crippen molar-refractivity contribution in [3.63, 3.8) is 0 Å². The van der Waals surface area contributed by atoms with E-state index in [0.29, 0.717) is 19.0 Å². The van der Waals surface area contributed by atoms with E-state index in [0.717, 1.165) is 11.6 Å². The Kier molecular flexibility index (Phi) is 4.59. The lowest BCUT2D eigenvalue weighted by molar-refractivity contribution is 0.677. The lowest BCUT2D eigenvalue weighted by atomic mass is 10.2. The van der Waals surface area contributed by atoms with E-state index >= 15 is 0 Å². The fraction of sp³-hybridized carbons (Fsp3) is 0.500. The summed E-state index contributed by atoms with van der Waals surface area (Å²) < 4.78 is 0. The fourth-order valence-electron chi connectivity index (χ4n) is 1.53. The van der Waals surface area contributed by atoms with Gasteiger partial charge < -0.3 is 10.2 Å². The Hall–Kier alpha value is -1.76. The maximum Gasteiger partial charge on any atom is 0.131 e. The molecule has 1 N–H and O–H groups in total.